The highest BCUT2D eigenvalue weighted by atomic mass is 14.8. The molecule has 2 heteroatoms. The number of allylic oxidation sites excluding steroid dienone is 2. The van der Waals surface area contributed by atoms with Crippen molar-refractivity contribution in [3.8, 4) is 0 Å². The zero-order valence-electron chi connectivity index (χ0n) is 13.9. The Labute approximate surface area is 129 Å². The van der Waals surface area contributed by atoms with Gasteiger partial charge in [-0.1, -0.05) is 37.8 Å². The molecule has 1 atom stereocenters. The fourth-order valence-electron chi connectivity index (χ4n) is 1.86. The lowest BCUT2D eigenvalue weighted by molar-refractivity contribution is 0.721. The Morgan fingerprint density at radius 1 is 1.33 bits per heavy atom. The molecule has 21 heavy (non-hydrogen) atoms. The van der Waals surface area contributed by atoms with E-state index in [1.807, 2.05) is 33.1 Å². The summed E-state index contributed by atoms with van der Waals surface area (Å²) in [6.07, 6.45) is 6.94. The maximum atomic E-state index is 4.59. The van der Waals surface area contributed by atoms with Crippen LogP contribution in [-0.4, -0.2) is 18.0 Å². The number of hydrogen-bond donors (Lipinski definition) is 0. The molecule has 1 unspecified atom stereocenters. The first kappa shape index (κ1) is 17.1. The van der Waals surface area contributed by atoms with Crippen molar-refractivity contribution in [1.29, 1.82) is 0 Å². The summed E-state index contributed by atoms with van der Waals surface area (Å²) in [5.74, 6) is 0. The molecule has 0 heterocycles. The average molecular weight is 282 g/mol. The van der Waals surface area contributed by atoms with Gasteiger partial charge in [0.2, 0.25) is 0 Å². The maximum absolute atomic E-state index is 4.59. The molecule has 112 valence electrons. The Hall–Kier alpha value is -1.96. The van der Waals surface area contributed by atoms with Crippen molar-refractivity contribution in [1.82, 2.24) is 0 Å². The Morgan fingerprint density at radius 2 is 2.05 bits per heavy atom. The Kier molecular flexibility index (Phi) is 6.80. The van der Waals surface area contributed by atoms with Crippen LogP contribution in [0.1, 0.15) is 52.2 Å². The van der Waals surface area contributed by atoms with Crippen molar-refractivity contribution in [2.75, 3.05) is 0 Å². The minimum atomic E-state index is 0.350. The topological polar surface area (TPSA) is 24.7 Å². The minimum absolute atomic E-state index is 0.350. The molecule has 0 amide bonds. The zero-order valence-corrected chi connectivity index (χ0v) is 13.9. The van der Waals surface area contributed by atoms with Gasteiger partial charge in [0.05, 0.1) is 5.69 Å². The highest BCUT2D eigenvalue weighted by molar-refractivity contribution is 6.10. The number of rotatable bonds is 6. The van der Waals surface area contributed by atoms with Gasteiger partial charge in [-0.05, 0) is 56.9 Å². The third-order valence-corrected chi connectivity index (χ3v) is 3.30. The molecule has 0 fully saturated rings. The predicted octanol–water partition coefficient (Wildman–Crippen LogP) is 5.71. The van der Waals surface area contributed by atoms with Gasteiger partial charge in [0.15, 0.2) is 0 Å². The molecule has 2 nitrogen and oxygen atoms in total. The quantitative estimate of drug-likeness (QED) is 0.597. The van der Waals surface area contributed by atoms with E-state index < -0.39 is 0 Å². The lowest BCUT2D eigenvalue weighted by Gasteiger charge is -2.08. The number of benzene rings is 1. The fraction of sp³-hybridized carbons (Fsp3) is 0.368. The molecule has 1 rings (SSSR count). The summed E-state index contributed by atoms with van der Waals surface area (Å²) in [6, 6.07) is 6.61. The summed E-state index contributed by atoms with van der Waals surface area (Å²) in [6.45, 7) is 14.2. The maximum Gasteiger partial charge on any atom is 0.0707 e. The third kappa shape index (κ3) is 5.14. The normalized spacial score (nSPS) is 13.3. The van der Waals surface area contributed by atoms with Crippen LogP contribution in [0.3, 0.4) is 0 Å². The van der Waals surface area contributed by atoms with Crippen LogP contribution in [-0.2, 0) is 0 Å². The molecule has 1 aromatic carbocycles. The third-order valence-electron chi connectivity index (χ3n) is 3.30. The number of hydrogen-bond acceptors (Lipinski definition) is 2. The van der Waals surface area contributed by atoms with E-state index >= 15 is 0 Å². The Morgan fingerprint density at radius 3 is 2.57 bits per heavy atom. The van der Waals surface area contributed by atoms with Crippen LogP contribution in [0.5, 0.6) is 0 Å². The van der Waals surface area contributed by atoms with E-state index in [1.54, 1.807) is 0 Å². The summed E-state index contributed by atoms with van der Waals surface area (Å²) in [4.78, 5) is 9.17. The first-order valence-corrected chi connectivity index (χ1v) is 7.50. The van der Waals surface area contributed by atoms with Crippen molar-refractivity contribution in [2.24, 2.45) is 9.98 Å². The molecule has 0 saturated heterocycles. The first-order valence-electron chi connectivity index (χ1n) is 7.50. The van der Waals surface area contributed by atoms with Crippen molar-refractivity contribution in [2.45, 2.75) is 47.1 Å². The Balaban J connectivity index is 3.21. The van der Waals surface area contributed by atoms with E-state index in [-0.39, 0.29) is 0 Å². The van der Waals surface area contributed by atoms with Crippen LogP contribution in [0.15, 0.2) is 40.8 Å². The smallest absolute Gasteiger partial charge is 0.0707 e. The van der Waals surface area contributed by atoms with Gasteiger partial charge in [0.25, 0.3) is 0 Å². The van der Waals surface area contributed by atoms with E-state index in [1.165, 1.54) is 0 Å². The van der Waals surface area contributed by atoms with E-state index in [9.17, 15) is 0 Å². The molecule has 0 N–H and O–H groups in total. The van der Waals surface area contributed by atoms with Gasteiger partial charge in [-0.25, -0.2) is 0 Å². The molecule has 0 aromatic heterocycles. The van der Waals surface area contributed by atoms with Crippen LogP contribution in [0.25, 0.3) is 11.6 Å². The fourth-order valence-corrected chi connectivity index (χ4v) is 1.86. The molecule has 0 aliphatic rings. The van der Waals surface area contributed by atoms with Crippen LogP contribution in [0.2, 0.25) is 0 Å². The standard InChI is InChI=1S/C19H26N2/c1-7-15(6)20-13-17(9-3)18-11-10-16(8-2)19(12-18)21-14(4)5/h8-13,15H,2,7H2,1,3-6H3/b17-9+,20-13?. The monoisotopic (exact) mass is 282 g/mol. The summed E-state index contributed by atoms with van der Waals surface area (Å²) >= 11 is 0. The first-order chi connectivity index (χ1) is 10.0. The second-order valence-corrected chi connectivity index (χ2v) is 5.32. The summed E-state index contributed by atoms with van der Waals surface area (Å²) in [5, 5.41) is 0. The zero-order chi connectivity index (χ0) is 15.8. The second-order valence-electron chi connectivity index (χ2n) is 5.32. The van der Waals surface area contributed by atoms with Crippen LogP contribution >= 0.6 is 0 Å². The van der Waals surface area contributed by atoms with E-state index in [4.69, 9.17) is 0 Å². The molecule has 0 radical (unpaired) electrons. The summed E-state index contributed by atoms with van der Waals surface area (Å²) < 4.78 is 0. The highest BCUT2D eigenvalue weighted by Crippen LogP contribution is 2.26. The van der Waals surface area contributed by atoms with Gasteiger partial charge >= 0.3 is 0 Å². The molecule has 1 aromatic rings. The van der Waals surface area contributed by atoms with Gasteiger partial charge in [0, 0.05) is 18.0 Å². The molecule has 0 aliphatic carbocycles. The summed E-state index contributed by atoms with van der Waals surface area (Å²) in [5.41, 5.74) is 5.30. The van der Waals surface area contributed by atoms with E-state index in [2.05, 4.69) is 54.7 Å². The van der Waals surface area contributed by atoms with Crippen LogP contribution in [0, 0.1) is 0 Å². The molecule has 0 aliphatic heterocycles. The largest absolute Gasteiger partial charge is 0.290 e. The molecule has 0 saturated carbocycles. The average Bonchev–Trinajstić information content (AvgIpc) is 2.47. The van der Waals surface area contributed by atoms with Gasteiger partial charge in [-0.2, -0.15) is 0 Å². The van der Waals surface area contributed by atoms with Gasteiger partial charge in [-0.15, -0.1) is 0 Å². The van der Waals surface area contributed by atoms with Crippen LogP contribution in [0.4, 0.5) is 5.69 Å². The molecule has 0 spiro atoms. The lowest BCUT2D eigenvalue weighted by Crippen LogP contribution is -1.96. The Bertz CT molecular complexity index is 573. The molecular weight excluding hydrogens is 256 g/mol. The SMILES string of the molecule is C=Cc1ccc(/C(C=NC(C)CC)=C/C)cc1N=C(C)C. The minimum Gasteiger partial charge on any atom is -0.290 e. The van der Waals surface area contributed by atoms with Gasteiger partial charge in [0.1, 0.15) is 0 Å². The van der Waals surface area contributed by atoms with E-state index in [0.29, 0.717) is 6.04 Å². The summed E-state index contributed by atoms with van der Waals surface area (Å²) in [7, 11) is 0. The molecule has 0 bridgehead atoms. The lowest BCUT2D eigenvalue weighted by atomic mass is 10.0. The highest BCUT2D eigenvalue weighted by Gasteiger charge is 2.04. The van der Waals surface area contributed by atoms with Crippen molar-refractivity contribution >= 4 is 29.3 Å². The van der Waals surface area contributed by atoms with Crippen molar-refractivity contribution in [3.05, 3.63) is 42.0 Å². The van der Waals surface area contributed by atoms with Crippen LogP contribution < -0.4 is 0 Å². The number of aliphatic imine (C=N–C) groups is 2. The van der Waals surface area contributed by atoms with Gasteiger partial charge in [-0.3, -0.25) is 9.98 Å². The van der Waals surface area contributed by atoms with Crippen molar-refractivity contribution < 1.29 is 0 Å². The van der Waals surface area contributed by atoms with Gasteiger partial charge < -0.3 is 0 Å². The second kappa shape index (κ2) is 8.35. The number of nitrogens with zero attached hydrogens (tertiary/aromatic N) is 2. The van der Waals surface area contributed by atoms with Crippen molar-refractivity contribution in [3.63, 3.8) is 0 Å². The molecular formula is C19H26N2. The predicted molar refractivity (Wildman–Crippen MR) is 96.9 cm³/mol. The van der Waals surface area contributed by atoms with E-state index in [0.717, 1.165) is 34.5 Å².